The van der Waals surface area contributed by atoms with Crippen LogP contribution >= 0.6 is 0 Å². The van der Waals surface area contributed by atoms with Gasteiger partial charge in [-0.05, 0) is 44.0 Å². The maximum absolute atomic E-state index is 12.6. The number of carbonyl (C=O) groups is 2. The first kappa shape index (κ1) is 19.2. The zero-order chi connectivity index (χ0) is 19.9. The van der Waals surface area contributed by atoms with Crippen molar-refractivity contribution in [3.8, 4) is 11.8 Å². The number of anilines is 2. The molecule has 2 N–H and O–H groups in total. The van der Waals surface area contributed by atoms with E-state index in [1.54, 1.807) is 60.4 Å². The molecule has 28 heavy (non-hydrogen) atoms. The Labute approximate surface area is 163 Å². The maximum Gasteiger partial charge on any atom is 0.321 e. The molecule has 0 aromatic heterocycles. The van der Waals surface area contributed by atoms with Crippen molar-refractivity contribution in [3.05, 3.63) is 54.1 Å². The lowest BCUT2D eigenvalue weighted by molar-refractivity contribution is -0.122. The number of nitrogens with zero attached hydrogens (tertiary/aromatic N) is 2. The Bertz CT molecular complexity index is 901. The van der Waals surface area contributed by atoms with Crippen molar-refractivity contribution in [1.82, 2.24) is 4.90 Å². The molecule has 0 unspecified atom stereocenters. The molecule has 144 valence electrons. The van der Waals surface area contributed by atoms with E-state index in [9.17, 15) is 9.59 Å². The van der Waals surface area contributed by atoms with Crippen LogP contribution in [0, 0.1) is 11.3 Å². The number of hydrogen-bond acceptors (Lipinski definition) is 4. The normalized spacial score (nSPS) is 14.1. The summed E-state index contributed by atoms with van der Waals surface area (Å²) in [6.07, 6.45) is 1.19. The van der Waals surface area contributed by atoms with Gasteiger partial charge in [-0.15, -0.1) is 0 Å². The summed E-state index contributed by atoms with van der Waals surface area (Å²) in [6.45, 7) is 3.09. The van der Waals surface area contributed by atoms with Crippen LogP contribution in [0.4, 0.5) is 16.2 Å². The summed E-state index contributed by atoms with van der Waals surface area (Å²) >= 11 is 0. The molecule has 3 amide bonds. The van der Waals surface area contributed by atoms with Crippen molar-refractivity contribution >= 4 is 23.3 Å². The van der Waals surface area contributed by atoms with Gasteiger partial charge in [-0.3, -0.25) is 4.79 Å². The van der Waals surface area contributed by atoms with Gasteiger partial charge in [0.25, 0.3) is 5.91 Å². The van der Waals surface area contributed by atoms with Crippen molar-refractivity contribution in [2.24, 2.45) is 0 Å². The minimum Gasteiger partial charge on any atom is -0.480 e. The number of benzene rings is 2. The topological polar surface area (TPSA) is 94.5 Å². The number of nitrogens with one attached hydrogen (secondary N) is 2. The molecule has 1 heterocycles. The second-order valence-corrected chi connectivity index (χ2v) is 6.53. The van der Waals surface area contributed by atoms with E-state index in [0.29, 0.717) is 22.7 Å². The van der Waals surface area contributed by atoms with Gasteiger partial charge in [0.05, 0.1) is 16.9 Å². The Balaban J connectivity index is 1.66. The van der Waals surface area contributed by atoms with E-state index in [4.69, 9.17) is 10.00 Å². The Morgan fingerprint density at radius 1 is 1.04 bits per heavy atom. The molecule has 1 atom stereocenters. The second-order valence-electron chi connectivity index (χ2n) is 6.53. The maximum atomic E-state index is 12.6. The molecule has 1 fully saturated rings. The fourth-order valence-corrected chi connectivity index (χ4v) is 2.96. The lowest BCUT2D eigenvalue weighted by Gasteiger charge is -2.19. The van der Waals surface area contributed by atoms with Gasteiger partial charge in [0.1, 0.15) is 11.8 Å². The van der Waals surface area contributed by atoms with Crippen molar-refractivity contribution in [2.75, 3.05) is 23.7 Å². The van der Waals surface area contributed by atoms with E-state index in [-0.39, 0.29) is 11.9 Å². The first-order valence-corrected chi connectivity index (χ1v) is 9.20. The minimum atomic E-state index is -0.822. The lowest BCUT2D eigenvalue weighted by Crippen LogP contribution is -2.33. The van der Waals surface area contributed by atoms with Crippen molar-refractivity contribution in [2.45, 2.75) is 25.9 Å². The highest BCUT2D eigenvalue weighted by atomic mass is 16.5. The lowest BCUT2D eigenvalue weighted by atomic mass is 10.2. The molecule has 1 aliphatic heterocycles. The predicted octanol–water partition coefficient (Wildman–Crippen LogP) is 3.59. The highest BCUT2D eigenvalue weighted by molar-refractivity contribution is 6.00. The van der Waals surface area contributed by atoms with Crippen LogP contribution in [0.15, 0.2) is 48.5 Å². The van der Waals surface area contributed by atoms with Crippen molar-refractivity contribution < 1.29 is 14.3 Å². The van der Waals surface area contributed by atoms with Crippen LogP contribution in [0.5, 0.6) is 5.75 Å². The van der Waals surface area contributed by atoms with E-state index < -0.39 is 6.10 Å². The van der Waals surface area contributed by atoms with Crippen molar-refractivity contribution in [1.29, 1.82) is 5.26 Å². The molecule has 7 nitrogen and oxygen atoms in total. The van der Waals surface area contributed by atoms with Gasteiger partial charge in [0, 0.05) is 13.1 Å². The Hall–Kier alpha value is -3.53. The third-order valence-corrected chi connectivity index (χ3v) is 4.50. The fourth-order valence-electron chi connectivity index (χ4n) is 2.96. The smallest absolute Gasteiger partial charge is 0.321 e. The molecular formula is C21H22N4O3. The molecule has 3 rings (SSSR count). The summed E-state index contributed by atoms with van der Waals surface area (Å²) in [7, 11) is 0. The molecule has 2 aromatic carbocycles. The molecule has 2 aromatic rings. The Kier molecular flexibility index (Phi) is 6.12. The van der Waals surface area contributed by atoms with Crippen LogP contribution in [-0.2, 0) is 4.79 Å². The standard InChI is InChI=1S/C21H22N4O3/c1-15(28-19-11-5-2-8-16(19)14-22)20(26)23-17-9-3-4-10-18(17)24-21(27)25-12-6-7-13-25/h2-5,8-11,15H,6-7,12-13H2,1H3,(H,23,26)(H,24,27)/t15-/m0/s1. The number of amides is 3. The fraction of sp³-hybridized carbons (Fsp3) is 0.286. The zero-order valence-electron chi connectivity index (χ0n) is 15.6. The van der Waals surface area contributed by atoms with Crippen LogP contribution < -0.4 is 15.4 Å². The number of nitriles is 1. The number of urea groups is 1. The summed E-state index contributed by atoms with van der Waals surface area (Å²) in [5, 5.41) is 14.8. The van der Waals surface area contributed by atoms with Crippen LogP contribution in [0.3, 0.4) is 0 Å². The summed E-state index contributed by atoms with van der Waals surface area (Å²) in [5.74, 6) is -0.0288. The van der Waals surface area contributed by atoms with Crippen LogP contribution in [0.2, 0.25) is 0 Å². The number of hydrogen-bond donors (Lipinski definition) is 2. The average Bonchev–Trinajstić information content (AvgIpc) is 3.25. The predicted molar refractivity (Wildman–Crippen MR) is 106 cm³/mol. The highest BCUT2D eigenvalue weighted by Crippen LogP contribution is 2.23. The minimum absolute atomic E-state index is 0.175. The number of likely N-dealkylation sites (tertiary alicyclic amines) is 1. The number of para-hydroxylation sites is 3. The molecule has 0 aliphatic carbocycles. The van der Waals surface area contributed by atoms with Crippen LogP contribution in [-0.4, -0.2) is 36.0 Å². The van der Waals surface area contributed by atoms with Gasteiger partial charge >= 0.3 is 6.03 Å². The summed E-state index contributed by atoms with van der Waals surface area (Å²) in [5.41, 5.74) is 1.38. The summed E-state index contributed by atoms with van der Waals surface area (Å²) in [6, 6.07) is 15.6. The molecule has 1 aliphatic rings. The summed E-state index contributed by atoms with van der Waals surface area (Å²) < 4.78 is 5.64. The van der Waals surface area contributed by atoms with Gasteiger partial charge in [0.2, 0.25) is 0 Å². The first-order valence-electron chi connectivity index (χ1n) is 9.20. The van der Waals surface area contributed by atoms with Gasteiger partial charge < -0.3 is 20.3 Å². The van der Waals surface area contributed by atoms with Crippen molar-refractivity contribution in [3.63, 3.8) is 0 Å². The van der Waals surface area contributed by atoms with E-state index >= 15 is 0 Å². The number of rotatable bonds is 5. The molecule has 7 heteroatoms. The zero-order valence-corrected chi connectivity index (χ0v) is 15.6. The number of carbonyl (C=O) groups excluding carboxylic acids is 2. The SMILES string of the molecule is C[C@H](Oc1ccccc1C#N)C(=O)Nc1ccccc1NC(=O)N1CCCC1. The van der Waals surface area contributed by atoms with E-state index in [2.05, 4.69) is 10.6 Å². The monoisotopic (exact) mass is 378 g/mol. The molecule has 0 radical (unpaired) electrons. The van der Waals surface area contributed by atoms with Gasteiger partial charge in [-0.25, -0.2) is 4.79 Å². The van der Waals surface area contributed by atoms with Gasteiger partial charge in [-0.1, -0.05) is 24.3 Å². The van der Waals surface area contributed by atoms with Gasteiger partial charge in [-0.2, -0.15) is 5.26 Å². The first-order chi connectivity index (χ1) is 13.6. The Morgan fingerprint density at radius 3 is 2.32 bits per heavy atom. The number of ether oxygens (including phenoxy) is 1. The molecule has 0 spiro atoms. The second kappa shape index (κ2) is 8.91. The highest BCUT2D eigenvalue weighted by Gasteiger charge is 2.21. The van der Waals surface area contributed by atoms with Crippen LogP contribution in [0.1, 0.15) is 25.3 Å². The van der Waals surface area contributed by atoms with Crippen LogP contribution in [0.25, 0.3) is 0 Å². The Morgan fingerprint density at radius 2 is 1.64 bits per heavy atom. The van der Waals surface area contributed by atoms with E-state index in [0.717, 1.165) is 25.9 Å². The average molecular weight is 378 g/mol. The third kappa shape index (κ3) is 4.60. The van der Waals surface area contributed by atoms with E-state index in [1.165, 1.54) is 0 Å². The largest absolute Gasteiger partial charge is 0.480 e. The van der Waals surface area contributed by atoms with Gasteiger partial charge in [0.15, 0.2) is 6.10 Å². The molecule has 0 bridgehead atoms. The molecule has 1 saturated heterocycles. The van der Waals surface area contributed by atoms with E-state index in [1.807, 2.05) is 6.07 Å². The molecule has 0 saturated carbocycles. The summed E-state index contributed by atoms with van der Waals surface area (Å²) in [4.78, 5) is 26.7. The quantitative estimate of drug-likeness (QED) is 0.831. The third-order valence-electron chi connectivity index (χ3n) is 4.50. The molecular weight excluding hydrogens is 356 g/mol.